The number of unbranched alkanes of at least 4 members (excludes halogenated alkanes) is 1. The van der Waals surface area contributed by atoms with E-state index >= 15 is 0 Å². The van der Waals surface area contributed by atoms with Crippen molar-refractivity contribution in [3.8, 4) is 9.88 Å². The zero-order valence-corrected chi connectivity index (χ0v) is 12.4. The normalized spacial score (nSPS) is 10.8. The molecule has 0 aliphatic heterocycles. The molecule has 0 aliphatic rings. The molecule has 0 saturated carbocycles. The smallest absolute Gasteiger partial charge is 0.206 e. The Balaban J connectivity index is 2.06. The zero-order chi connectivity index (χ0) is 12.8. The van der Waals surface area contributed by atoms with Gasteiger partial charge in [0, 0.05) is 6.54 Å². The van der Waals surface area contributed by atoms with Crippen molar-refractivity contribution in [2.75, 3.05) is 11.9 Å². The number of aromatic nitrogens is 3. The highest BCUT2D eigenvalue weighted by molar-refractivity contribution is 7.22. The van der Waals surface area contributed by atoms with Crippen LogP contribution in [0.4, 0.5) is 5.13 Å². The number of nitrogens with zero attached hydrogens (tertiary/aromatic N) is 3. The van der Waals surface area contributed by atoms with Crippen LogP contribution in [0.3, 0.4) is 0 Å². The van der Waals surface area contributed by atoms with Gasteiger partial charge in [0.15, 0.2) is 5.01 Å². The summed E-state index contributed by atoms with van der Waals surface area (Å²) < 4.78 is 0. The second-order valence-corrected chi connectivity index (χ2v) is 5.90. The number of aryl methyl sites for hydroxylation is 1. The quantitative estimate of drug-likeness (QED) is 0.784. The Hall–Kier alpha value is -1.01. The molecular weight excluding hydrogens is 264 g/mol. The first-order valence-electron chi connectivity index (χ1n) is 6.35. The number of rotatable bonds is 7. The van der Waals surface area contributed by atoms with E-state index in [4.69, 9.17) is 0 Å². The predicted octanol–water partition coefficient (Wildman–Crippen LogP) is 3.83. The topological polar surface area (TPSA) is 50.7 Å². The Kier molecular flexibility index (Phi) is 5.07. The molecule has 2 rings (SSSR count). The highest BCUT2D eigenvalue weighted by Crippen LogP contribution is 2.32. The largest absolute Gasteiger partial charge is 0.360 e. The summed E-state index contributed by atoms with van der Waals surface area (Å²) in [5, 5.41) is 13.6. The summed E-state index contributed by atoms with van der Waals surface area (Å²) >= 11 is 3.27. The minimum absolute atomic E-state index is 0.911. The van der Waals surface area contributed by atoms with Crippen molar-refractivity contribution in [3.63, 3.8) is 0 Å². The van der Waals surface area contributed by atoms with Crippen LogP contribution in [-0.4, -0.2) is 21.7 Å². The van der Waals surface area contributed by atoms with Crippen molar-refractivity contribution in [2.45, 2.75) is 39.5 Å². The van der Waals surface area contributed by atoms with Crippen LogP contribution >= 0.6 is 22.7 Å². The monoisotopic (exact) mass is 282 g/mol. The van der Waals surface area contributed by atoms with E-state index in [0.29, 0.717) is 0 Å². The maximum Gasteiger partial charge on any atom is 0.206 e. The minimum Gasteiger partial charge on any atom is -0.360 e. The summed E-state index contributed by atoms with van der Waals surface area (Å²) in [4.78, 5) is 5.58. The van der Waals surface area contributed by atoms with Crippen molar-refractivity contribution in [1.29, 1.82) is 0 Å². The minimum atomic E-state index is 0.911. The molecule has 2 heterocycles. The van der Waals surface area contributed by atoms with Crippen LogP contribution in [0.5, 0.6) is 0 Å². The Morgan fingerprint density at radius 3 is 2.89 bits per heavy atom. The first-order chi connectivity index (χ1) is 8.85. The highest BCUT2D eigenvalue weighted by atomic mass is 32.1. The van der Waals surface area contributed by atoms with Crippen LogP contribution in [0.1, 0.15) is 38.8 Å². The summed E-state index contributed by atoms with van der Waals surface area (Å²) in [5.41, 5.74) is 3.05. The van der Waals surface area contributed by atoms with Gasteiger partial charge in [-0.25, -0.2) is 4.98 Å². The molecule has 2 aromatic heterocycles. The predicted molar refractivity (Wildman–Crippen MR) is 78.4 cm³/mol. The molecular formula is C12H18N4S2. The lowest BCUT2D eigenvalue weighted by Crippen LogP contribution is -1.99. The molecule has 0 amide bonds. The number of hydrogen-bond donors (Lipinski definition) is 1. The van der Waals surface area contributed by atoms with Crippen molar-refractivity contribution in [2.24, 2.45) is 0 Å². The average Bonchev–Trinajstić information content (AvgIpc) is 2.98. The summed E-state index contributed by atoms with van der Waals surface area (Å²) in [5.74, 6) is 0. The van der Waals surface area contributed by atoms with Crippen LogP contribution < -0.4 is 5.32 Å². The van der Waals surface area contributed by atoms with Crippen LogP contribution in [0.25, 0.3) is 9.88 Å². The summed E-state index contributed by atoms with van der Waals surface area (Å²) in [6.45, 7) is 5.32. The number of thiazole rings is 1. The van der Waals surface area contributed by atoms with Gasteiger partial charge in [0.25, 0.3) is 0 Å². The van der Waals surface area contributed by atoms with E-state index in [2.05, 4.69) is 34.3 Å². The molecule has 98 valence electrons. The van der Waals surface area contributed by atoms with E-state index in [0.717, 1.165) is 41.6 Å². The molecule has 0 saturated heterocycles. The van der Waals surface area contributed by atoms with Gasteiger partial charge in [0.1, 0.15) is 0 Å². The molecule has 0 aromatic carbocycles. The number of nitrogens with one attached hydrogen (secondary N) is 1. The molecule has 0 bridgehead atoms. The maximum absolute atomic E-state index is 4.40. The van der Waals surface area contributed by atoms with Gasteiger partial charge in [0.05, 0.1) is 16.1 Å². The van der Waals surface area contributed by atoms with Gasteiger partial charge in [-0.1, -0.05) is 38.0 Å². The third kappa shape index (κ3) is 3.26. The van der Waals surface area contributed by atoms with E-state index < -0.39 is 0 Å². The molecule has 0 spiro atoms. The molecule has 0 atom stereocenters. The Bertz CT molecular complexity index is 478. The fourth-order valence-corrected chi connectivity index (χ4v) is 3.33. The maximum atomic E-state index is 4.40. The van der Waals surface area contributed by atoms with E-state index in [1.165, 1.54) is 11.3 Å². The van der Waals surface area contributed by atoms with Crippen molar-refractivity contribution < 1.29 is 0 Å². The van der Waals surface area contributed by atoms with Crippen LogP contribution in [0, 0.1) is 0 Å². The van der Waals surface area contributed by atoms with E-state index in [1.54, 1.807) is 22.7 Å². The molecule has 0 aliphatic carbocycles. The molecule has 0 unspecified atom stereocenters. The summed E-state index contributed by atoms with van der Waals surface area (Å²) in [6, 6.07) is 0. The van der Waals surface area contributed by atoms with E-state index in [1.807, 2.05) is 5.51 Å². The molecule has 4 nitrogen and oxygen atoms in total. The molecule has 18 heavy (non-hydrogen) atoms. The Morgan fingerprint density at radius 1 is 1.22 bits per heavy atom. The molecule has 1 N–H and O–H groups in total. The van der Waals surface area contributed by atoms with Crippen LogP contribution in [0.2, 0.25) is 0 Å². The average molecular weight is 282 g/mol. The first kappa shape index (κ1) is 13.4. The SMILES string of the molecule is CCCCNc1nnc(-c2scnc2CCC)s1. The number of hydrogen-bond acceptors (Lipinski definition) is 6. The lowest BCUT2D eigenvalue weighted by atomic mass is 10.2. The van der Waals surface area contributed by atoms with Gasteiger partial charge < -0.3 is 5.32 Å². The van der Waals surface area contributed by atoms with Crippen LogP contribution in [-0.2, 0) is 6.42 Å². The standard InChI is InChI=1S/C12H18N4S2/c1-3-5-7-13-12-16-15-11(18-12)10-9(6-4-2)14-8-17-10/h8H,3-7H2,1-2H3,(H,13,16). The second kappa shape index (κ2) is 6.80. The Morgan fingerprint density at radius 2 is 2.11 bits per heavy atom. The molecule has 6 heteroatoms. The van der Waals surface area contributed by atoms with Gasteiger partial charge in [-0.2, -0.15) is 0 Å². The zero-order valence-electron chi connectivity index (χ0n) is 10.8. The number of anilines is 1. The van der Waals surface area contributed by atoms with Gasteiger partial charge in [-0.05, 0) is 12.8 Å². The fraction of sp³-hybridized carbons (Fsp3) is 0.583. The van der Waals surface area contributed by atoms with E-state index in [-0.39, 0.29) is 0 Å². The highest BCUT2D eigenvalue weighted by Gasteiger charge is 2.13. The summed E-state index contributed by atoms with van der Waals surface area (Å²) in [7, 11) is 0. The third-order valence-corrected chi connectivity index (χ3v) is 4.46. The lowest BCUT2D eigenvalue weighted by molar-refractivity contribution is 0.831. The van der Waals surface area contributed by atoms with Gasteiger partial charge in [-0.3, -0.25) is 0 Å². The fourth-order valence-electron chi connectivity index (χ4n) is 1.62. The van der Waals surface area contributed by atoms with Gasteiger partial charge in [0.2, 0.25) is 5.13 Å². The van der Waals surface area contributed by atoms with Crippen molar-refractivity contribution in [3.05, 3.63) is 11.2 Å². The van der Waals surface area contributed by atoms with Crippen molar-refractivity contribution >= 4 is 27.8 Å². The van der Waals surface area contributed by atoms with Gasteiger partial charge in [-0.15, -0.1) is 21.5 Å². The van der Waals surface area contributed by atoms with Gasteiger partial charge >= 0.3 is 0 Å². The Labute approximate surface area is 116 Å². The lowest BCUT2D eigenvalue weighted by Gasteiger charge is -1.98. The first-order valence-corrected chi connectivity index (χ1v) is 8.04. The van der Waals surface area contributed by atoms with Crippen molar-refractivity contribution in [1.82, 2.24) is 15.2 Å². The third-order valence-electron chi connectivity index (χ3n) is 2.55. The molecule has 0 fully saturated rings. The second-order valence-electron chi connectivity index (χ2n) is 4.07. The molecule has 0 radical (unpaired) electrons. The summed E-state index contributed by atoms with van der Waals surface area (Å²) in [6.07, 6.45) is 4.47. The molecule has 2 aromatic rings. The van der Waals surface area contributed by atoms with Crippen LogP contribution in [0.15, 0.2) is 5.51 Å². The van der Waals surface area contributed by atoms with E-state index in [9.17, 15) is 0 Å².